The average Bonchev–Trinajstić information content (AvgIpc) is 2.26. The van der Waals surface area contributed by atoms with Gasteiger partial charge in [-0.05, 0) is 24.5 Å². The average molecular weight is 246 g/mol. The maximum Gasteiger partial charge on any atom is 0.0450 e. The molecule has 3 heteroatoms. The summed E-state index contributed by atoms with van der Waals surface area (Å²) in [6.07, 6.45) is 0. The molecule has 1 aromatic carbocycles. The van der Waals surface area contributed by atoms with Crippen LogP contribution in [0.15, 0.2) is 24.3 Å². The van der Waals surface area contributed by atoms with Crippen LogP contribution in [0.5, 0.6) is 0 Å². The predicted molar refractivity (Wildman–Crippen MR) is 67.6 cm³/mol. The van der Waals surface area contributed by atoms with Gasteiger partial charge in [0, 0.05) is 23.5 Å². The van der Waals surface area contributed by atoms with Gasteiger partial charge in [-0.2, -0.15) is 0 Å². The molecular weight excluding hydrogens is 229 g/mol. The molecule has 0 heterocycles. The number of halogens is 2. The van der Waals surface area contributed by atoms with E-state index in [4.69, 9.17) is 23.2 Å². The smallest absolute Gasteiger partial charge is 0.0450 e. The van der Waals surface area contributed by atoms with Crippen LogP contribution in [0.4, 0.5) is 0 Å². The second kappa shape index (κ2) is 6.37. The highest BCUT2D eigenvalue weighted by atomic mass is 35.5. The van der Waals surface area contributed by atoms with Gasteiger partial charge < -0.3 is 5.32 Å². The van der Waals surface area contributed by atoms with E-state index in [1.54, 1.807) is 0 Å². The Bertz CT molecular complexity index is 301. The Morgan fingerprint density at radius 3 is 2.53 bits per heavy atom. The Hall–Kier alpha value is -0.240. The number of hydrogen-bond donors (Lipinski definition) is 1. The summed E-state index contributed by atoms with van der Waals surface area (Å²) in [6.45, 7) is 5.07. The van der Waals surface area contributed by atoms with Crippen LogP contribution in [0.2, 0.25) is 5.02 Å². The first-order chi connectivity index (χ1) is 7.15. The zero-order valence-electron chi connectivity index (χ0n) is 9.13. The van der Waals surface area contributed by atoms with E-state index in [0.717, 1.165) is 17.1 Å². The van der Waals surface area contributed by atoms with Crippen LogP contribution < -0.4 is 5.32 Å². The summed E-state index contributed by atoms with van der Waals surface area (Å²) >= 11 is 11.8. The highest BCUT2D eigenvalue weighted by Crippen LogP contribution is 2.15. The molecule has 0 radical (unpaired) electrons. The minimum Gasteiger partial charge on any atom is -0.310 e. The molecule has 1 N–H and O–H groups in total. The minimum atomic E-state index is 0.402. The van der Waals surface area contributed by atoms with Gasteiger partial charge in [-0.15, -0.1) is 11.6 Å². The van der Waals surface area contributed by atoms with Gasteiger partial charge in [-0.25, -0.2) is 0 Å². The third kappa shape index (κ3) is 4.02. The first-order valence-corrected chi connectivity index (χ1v) is 6.09. The summed E-state index contributed by atoms with van der Waals surface area (Å²) in [4.78, 5) is 0. The molecular formula is C12H17Cl2N. The van der Waals surface area contributed by atoms with E-state index in [9.17, 15) is 0 Å². The van der Waals surface area contributed by atoms with Gasteiger partial charge in [0.25, 0.3) is 0 Å². The lowest BCUT2D eigenvalue weighted by Gasteiger charge is -2.19. The predicted octanol–water partition coefficient (Wildman–Crippen LogP) is 3.69. The van der Waals surface area contributed by atoms with Gasteiger partial charge in [0.05, 0.1) is 0 Å². The van der Waals surface area contributed by atoms with Crippen molar-refractivity contribution >= 4 is 23.2 Å². The lowest BCUT2D eigenvalue weighted by atomic mass is 10.1. The highest BCUT2D eigenvalue weighted by Gasteiger charge is 2.10. The topological polar surface area (TPSA) is 12.0 Å². The summed E-state index contributed by atoms with van der Waals surface area (Å²) in [6, 6.07) is 8.29. The second-order valence-electron chi connectivity index (χ2n) is 3.89. The van der Waals surface area contributed by atoms with E-state index in [1.165, 1.54) is 0 Å². The van der Waals surface area contributed by atoms with E-state index in [1.807, 2.05) is 24.3 Å². The summed E-state index contributed by atoms with van der Waals surface area (Å²) in [5.41, 5.74) is 1.13. The van der Waals surface area contributed by atoms with Crippen molar-refractivity contribution < 1.29 is 0 Å². The van der Waals surface area contributed by atoms with E-state index >= 15 is 0 Å². The zero-order valence-corrected chi connectivity index (χ0v) is 10.6. The molecule has 0 bridgehead atoms. The fourth-order valence-corrected chi connectivity index (χ4v) is 1.72. The van der Waals surface area contributed by atoms with Crippen LogP contribution in [-0.2, 0) is 6.54 Å². The fourth-order valence-electron chi connectivity index (χ4n) is 1.25. The summed E-state index contributed by atoms with van der Waals surface area (Å²) in [7, 11) is 0. The van der Waals surface area contributed by atoms with Crippen molar-refractivity contribution in [2.75, 3.05) is 5.88 Å². The zero-order chi connectivity index (χ0) is 11.3. The molecule has 0 fully saturated rings. The third-order valence-corrected chi connectivity index (χ3v) is 3.52. The van der Waals surface area contributed by atoms with Crippen LogP contribution in [0, 0.1) is 5.92 Å². The molecule has 1 rings (SSSR count). The Morgan fingerprint density at radius 1 is 1.27 bits per heavy atom. The van der Waals surface area contributed by atoms with Crippen molar-refractivity contribution in [3.63, 3.8) is 0 Å². The fraction of sp³-hybridized carbons (Fsp3) is 0.500. The molecule has 0 aliphatic carbocycles. The standard InChI is InChI=1S/C12H17Cl2N/c1-9(7-13)10(2)15-8-11-5-3-4-6-12(11)14/h3-6,9-10,15H,7-8H2,1-2H3. The largest absolute Gasteiger partial charge is 0.310 e. The number of hydrogen-bond acceptors (Lipinski definition) is 1. The molecule has 1 aromatic rings. The van der Waals surface area contributed by atoms with Crippen molar-refractivity contribution in [2.45, 2.75) is 26.4 Å². The quantitative estimate of drug-likeness (QED) is 0.781. The monoisotopic (exact) mass is 245 g/mol. The highest BCUT2D eigenvalue weighted by molar-refractivity contribution is 6.31. The van der Waals surface area contributed by atoms with Crippen LogP contribution >= 0.6 is 23.2 Å². The number of alkyl halides is 1. The number of benzene rings is 1. The molecule has 0 saturated heterocycles. The third-order valence-electron chi connectivity index (χ3n) is 2.67. The molecule has 0 spiro atoms. The Balaban J connectivity index is 2.47. The minimum absolute atomic E-state index is 0.402. The van der Waals surface area contributed by atoms with Gasteiger partial charge in [0.1, 0.15) is 0 Å². The van der Waals surface area contributed by atoms with E-state index in [-0.39, 0.29) is 0 Å². The van der Waals surface area contributed by atoms with Gasteiger partial charge >= 0.3 is 0 Å². The first kappa shape index (κ1) is 12.8. The SMILES string of the molecule is CC(CCl)C(C)NCc1ccccc1Cl. The molecule has 0 aromatic heterocycles. The molecule has 2 atom stereocenters. The molecule has 1 nitrogen and oxygen atoms in total. The van der Waals surface area contributed by atoms with Crippen LogP contribution in [0.25, 0.3) is 0 Å². The maximum atomic E-state index is 6.06. The van der Waals surface area contributed by atoms with Gasteiger partial charge in [0.15, 0.2) is 0 Å². The first-order valence-electron chi connectivity index (χ1n) is 5.18. The second-order valence-corrected chi connectivity index (χ2v) is 4.61. The van der Waals surface area contributed by atoms with E-state index < -0.39 is 0 Å². The van der Waals surface area contributed by atoms with E-state index in [2.05, 4.69) is 19.2 Å². The lowest BCUT2D eigenvalue weighted by Crippen LogP contribution is -2.32. The van der Waals surface area contributed by atoms with Crippen molar-refractivity contribution in [2.24, 2.45) is 5.92 Å². The Kier molecular flexibility index (Phi) is 5.44. The summed E-state index contributed by atoms with van der Waals surface area (Å²) < 4.78 is 0. The molecule has 0 amide bonds. The number of rotatable bonds is 5. The molecule has 15 heavy (non-hydrogen) atoms. The molecule has 0 aliphatic heterocycles. The maximum absolute atomic E-state index is 6.06. The summed E-state index contributed by atoms with van der Waals surface area (Å²) in [5, 5.41) is 4.24. The van der Waals surface area contributed by atoms with Crippen molar-refractivity contribution in [3.8, 4) is 0 Å². The molecule has 2 unspecified atom stereocenters. The van der Waals surface area contributed by atoms with Crippen LogP contribution in [-0.4, -0.2) is 11.9 Å². The molecule has 0 aliphatic rings. The van der Waals surface area contributed by atoms with Crippen molar-refractivity contribution in [1.29, 1.82) is 0 Å². The van der Waals surface area contributed by atoms with Crippen LogP contribution in [0.3, 0.4) is 0 Å². The van der Waals surface area contributed by atoms with Gasteiger partial charge in [-0.1, -0.05) is 36.7 Å². The normalized spacial score (nSPS) is 14.9. The molecule has 84 valence electrons. The van der Waals surface area contributed by atoms with Gasteiger partial charge in [0.2, 0.25) is 0 Å². The Labute approximate surface area is 102 Å². The lowest BCUT2D eigenvalue weighted by molar-refractivity contribution is 0.430. The van der Waals surface area contributed by atoms with Crippen LogP contribution in [0.1, 0.15) is 19.4 Å². The molecule has 0 saturated carbocycles. The summed E-state index contributed by atoms with van der Waals surface area (Å²) in [5.74, 6) is 1.14. The van der Waals surface area contributed by atoms with E-state index in [0.29, 0.717) is 17.8 Å². The van der Waals surface area contributed by atoms with Gasteiger partial charge in [-0.3, -0.25) is 0 Å². The Morgan fingerprint density at radius 2 is 1.93 bits per heavy atom. The van der Waals surface area contributed by atoms with Crippen molar-refractivity contribution in [1.82, 2.24) is 5.32 Å². The van der Waals surface area contributed by atoms with Crippen molar-refractivity contribution in [3.05, 3.63) is 34.9 Å². The number of nitrogens with one attached hydrogen (secondary N) is 1.